The third-order valence-electron chi connectivity index (χ3n) is 4.02. The predicted molar refractivity (Wildman–Crippen MR) is 106 cm³/mol. The zero-order chi connectivity index (χ0) is 22.3. The van der Waals surface area contributed by atoms with E-state index in [1.54, 1.807) is 25.1 Å². The summed E-state index contributed by atoms with van der Waals surface area (Å²) in [6.07, 6.45) is -3.65. The van der Waals surface area contributed by atoms with E-state index in [0.717, 1.165) is 17.8 Å². The number of hydrogen-bond donors (Lipinski definition) is 0. The van der Waals surface area contributed by atoms with Crippen molar-refractivity contribution in [2.45, 2.75) is 19.7 Å². The second-order valence-corrected chi connectivity index (χ2v) is 6.39. The standard InChI is InChI=1S/C20H18ClF3N2O4/c1-12-5-4-6-15(18(26-29-3)19(27)28-2)16(12)11-30-25-10-13-7-8-14(21)9-17(13)20(22,23)24/h4-10H,11H2,1-3H3/b25-10+,26-18+. The lowest BCUT2D eigenvalue weighted by Crippen LogP contribution is -2.20. The van der Waals surface area contributed by atoms with Gasteiger partial charge in [0.1, 0.15) is 13.7 Å². The van der Waals surface area contributed by atoms with E-state index in [1.807, 2.05) is 0 Å². The van der Waals surface area contributed by atoms with Crippen molar-refractivity contribution in [2.24, 2.45) is 10.3 Å². The van der Waals surface area contributed by atoms with Crippen LogP contribution in [0.15, 0.2) is 46.7 Å². The van der Waals surface area contributed by atoms with Crippen molar-refractivity contribution < 1.29 is 32.4 Å². The lowest BCUT2D eigenvalue weighted by molar-refractivity contribution is -0.137. The van der Waals surface area contributed by atoms with Gasteiger partial charge in [0, 0.05) is 21.7 Å². The molecule has 0 N–H and O–H groups in total. The Morgan fingerprint density at radius 2 is 1.93 bits per heavy atom. The molecule has 0 fully saturated rings. The SMILES string of the molecule is CO/N=C(/C(=O)OC)c1cccc(C)c1CO/N=C/c1ccc(Cl)cc1C(F)(F)F. The van der Waals surface area contributed by atoms with Gasteiger partial charge in [-0.2, -0.15) is 13.2 Å². The Hall–Kier alpha value is -3.07. The van der Waals surface area contributed by atoms with Crippen LogP contribution in [0.3, 0.4) is 0 Å². The van der Waals surface area contributed by atoms with Gasteiger partial charge in [-0.3, -0.25) is 0 Å². The number of halogens is 4. The van der Waals surface area contributed by atoms with Crippen LogP contribution in [0.4, 0.5) is 13.2 Å². The van der Waals surface area contributed by atoms with Gasteiger partial charge in [-0.05, 0) is 24.6 Å². The molecule has 0 saturated heterocycles. The molecule has 2 aromatic carbocycles. The molecule has 2 rings (SSSR count). The Morgan fingerprint density at radius 1 is 1.20 bits per heavy atom. The first-order valence-corrected chi connectivity index (χ1v) is 8.87. The maximum Gasteiger partial charge on any atom is 0.417 e. The van der Waals surface area contributed by atoms with Crippen molar-refractivity contribution in [3.63, 3.8) is 0 Å². The van der Waals surface area contributed by atoms with Gasteiger partial charge in [-0.25, -0.2) is 4.79 Å². The minimum Gasteiger partial charge on any atom is -0.464 e. The number of esters is 1. The third-order valence-corrected chi connectivity index (χ3v) is 4.26. The van der Waals surface area contributed by atoms with E-state index in [4.69, 9.17) is 26.0 Å². The van der Waals surface area contributed by atoms with Gasteiger partial charge in [0.25, 0.3) is 0 Å². The third kappa shape index (κ3) is 5.73. The normalized spacial score (nSPS) is 12.2. The van der Waals surface area contributed by atoms with Gasteiger partial charge in [0.15, 0.2) is 5.71 Å². The van der Waals surface area contributed by atoms with E-state index < -0.39 is 17.7 Å². The second kappa shape index (κ2) is 10.1. The van der Waals surface area contributed by atoms with Gasteiger partial charge in [-0.15, -0.1) is 0 Å². The number of aryl methyl sites for hydroxylation is 1. The first-order valence-electron chi connectivity index (χ1n) is 8.49. The van der Waals surface area contributed by atoms with Crippen LogP contribution >= 0.6 is 11.6 Å². The lowest BCUT2D eigenvalue weighted by atomic mass is 9.99. The maximum atomic E-state index is 13.1. The van der Waals surface area contributed by atoms with E-state index in [-0.39, 0.29) is 22.9 Å². The Balaban J connectivity index is 2.28. The van der Waals surface area contributed by atoms with E-state index >= 15 is 0 Å². The van der Waals surface area contributed by atoms with Crippen LogP contribution in [0.25, 0.3) is 0 Å². The average Bonchev–Trinajstić information content (AvgIpc) is 2.70. The number of alkyl halides is 3. The highest BCUT2D eigenvalue weighted by Crippen LogP contribution is 2.33. The summed E-state index contributed by atoms with van der Waals surface area (Å²) < 4.78 is 44.2. The first kappa shape index (κ1) is 23.2. The van der Waals surface area contributed by atoms with Crippen molar-refractivity contribution >= 4 is 29.5 Å². The zero-order valence-electron chi connectivity index (χ0n) is 16.3. The van der Waals surface area contributed by atoms with Gasteiger partial charge in [0.2, 0.25) is 0 Å². The fraction of sp³-hybridized carbons (Fsp3) is 0.250. The van der Waals surface area contributed by atoms with Crippen molar-refractivity contribution in [3.05, 3.63) is 69.2 Å². The Labute approximate surface area is 175 Å². The number of carbonyl (C=O) groups is 1. The molecule has 160 valence electrons. The summed E-state index contributed by atoms with van der Waals surface area (Å²) in [5.74, 6) is -0.719. The molecule has 0 aliphatic rings. The average molecular weight is 443 g/mol. The van der Waals surface area contributed by atoms with E-state index in [2.05, 4.69) is 10.3 Å². The Kier molecular flexibility index (Phi) is 7.82. The van der Waals surface area contributed by atoms with Crippen LogP contribution in [-0.2, 0) is 32.0 Å². The number of ether oxygens (including phenoxy) is 1. The van der Waals surface area contributed by atoms with Crippen molar-refractivity contribution in [2.75, 3.05) is 14.2 Å². The van der Waals surface area contributed by atoms with Crippen LogP contribution in [0.5, 0.6) is 0 Å². The van der Waals surface area contributed by atoms with E-state index in [9.17, 15) is 18.0 Å². The number of carbonyl (C=O) groups excluding carboxylic acids is 1. The van der Waals surface area contributed by atoms with Crippen molar-refractivity contribution in [1.29, 1.82) is 0 Å². The molecule has 0 spiro atoms. The number of nitrogens with zero attached hydrogens (tertiary/aromatic N) is 2. The molecule has 2 aromatic rings. The molecule has 0 amide bonds. The molecule has 6 nitrogen and oxygen atoms in total. The molecule has 0 atom stereocenters. The molecule has 0 radical (unpaired) electrons. The van der Waals surface area contributed by atoms with Gasteiger partial charge < -0.3 is 14.4 Å². The first-order chi connectivity index (χ1) is 14.2. The monoisotopic (exact) mass is 442 g/mol. The van der Waals surface area contributed by atoms with Gasteiger partial charge >= 0.3 is 12.1 Å². The predicted octanol–water partition coefficient (Wildman–Crippen LogP) is 4.74. The van der Waals surface area contributed by atoms with Crippen LogP contribution < -0.4 is 0 Å². The molecule has 30 heavy (non-hydrogen) atoms. The Bertz CT molecular complexity index is 975. The molecule has 0 heterocycles. The highest BCUT2D eigenvalue weighted by molar-refractivity contribution is 6.43. The summed E-state index contributed by atoms with van der Waals surface area (Å²) in [7, 11) is 2.48. The van der Waals surface area contributed by atoms with Crippen molar-refractivity contribution in [3.8, 4) is 0 Å². The second-order valence-electron chi connectivity index (χ2n) is 5.95. The summed E-state index contributed by atoms with van der Waals surface area (Å²) >= 11 is 5.66. The topological polar surface area (TPSA) is 69.5 Å². The summed E-state index contributed by atoms with van der Waals surface area (Å²) in [5, 5.41) is 7.29. The summed E-state index contributed by atoms with van der Waals surface area (Å²) in [5.41, 5.74) is 0.470. The number of methoxy groups -OCH3 is 1. The minimum atomic E-state index is -4.60. The van der Waals surface area contributed by atoms with Crippen molar-refractivity contribution in [1.82, 2.24) is 0 Å². The number of rotatable bonds is 7. The maximum absolute atomic E-state index is 13.1. The number of hydrogen-bond acceptors (Lipinski definition) is 6. The highest BCUT2D eigenvalue weighted by Gasteiger charge is 2.33. The van der Waals surface area contributed by atoms with E-state index in [0.29, 0.717) is 11.1 Å². The smallest absolute Gasteiger partial charge is 0.417 e. The molecule has 0 aromatic heterocycles. The fourth-order valence-electron chi connectivity index (χ4n) is 2.58. The molecule has 10 heteroatoms. The minimum absolute atomic E-state index is 0.0438. The Morgan fingerprint density at radius 3 is 2.57 bits per heavy atom. The quantitative estimate of drug-likeness (QED) is 0.353. The zero-order valence-corrected chi connectivity index (χ0v) is 17.0. The fourth-order valence-corrected chi connectivity index (χ4v) is 2.75. The van der Waals surface area contributed by atoms with Crippen LogP contribution in [0.1, 0.15) is 27.8 Å². The molecule has 0 unspecified atom stereocenters. The molecule has 0 aliphatic carbocycles. The molecular weight excluding hydrogens is 425 g/mol. The molecule has 0 saturated carbocycles. The summed E-state index contributed by atoms with van der Waals surface area (Å²) in [4.78, 5) is 21.9. The van der Waals surface area contributed by atoms with E-state index in [1.165, 1.54) is 26.4 Å². The van der Waals surface area contributed by atoms with Crippen LogP contribution in [-0.4, -0.2) is 32.1 Å². The number of oxime groups is 2. The summed E-state index contributed by atoms with van der Waals surface area (Å²) in [6.45, 7) is 1.64. The molecular formula is C20H18ClF3N2O4. The molecule has 0 bridgehead atoms. The lowest BCUT2D eigenvalue weighted by Gasteiger charge is -2.12. The van der Waals surface area contributed by atoms with Crippen LogP contribution in [0.2, 0.25) is 5.02 Å². The van der Waals surface area contributed by atoms with Gasteiger partial charge in [0.05, 0.1) is 18.9 Å². The highest BCUT2D eigenvalue weighted by atomic mass is 35.5. The number of benzene rings is 2. The largest absolute Gasteiger partial charge is 0.464 e. The van der Waals surface area contributed by atoms with Gasteiger partial charge in [-0.1, -0.05) is 46.2 Å². The summed E-state index contributed by atoms with van der Waals surface area (Å²) in [6, 6.07) is 8.42. The van der Waals surface area contributed by atoms with Crippen LogP contribution in [0, 0.1) is 6.92 Å². The molecule has 0 aliphatic heterocycles.